The van der Waals surface area contributed by atoms with E-state index >= 15 is 0 Å². The summed E-state index contributed by atoms with van der Waals surface area (Å²) in [5.41, 5.74) is 3.11. The van der Waals surface area contributed by atoms with Crippen molar-refractivity contribution in [1.82, 2.24) is 14.9 Å². The summed E-state index contributed by atoms with van der Waals surface area (Å²) in [6.45, 7) is 2.35. The van der Waals surface area contributed by atoms with Gasteiger partial charge in [0.15, 0.2) is 0 Å². The molecule has 4 rings (SSSR count). The number of pyridine rings is 2. The second-order valence-electron chi connectivity index (χ2n) is 7.36. The van der Waals surface area contributed by atoms with Gasteiger partial charge in [0.1, 0.15) is 5.82 Å². The van der Waals surface area contributed by atoms with Crippen LogP contribution in [0, 0.1) is 18.7 Å². The van der Waals surface area contributed by atoms with Crippen molar-refractivity contribution in [3.8, 4) is 5.69 Å². The number of aryl methyl sites for hydroxylation is 1. The van der Waals surface area contributed by atoms with Crippen molar-refractivity contribution in [2.75, 3.05) is 6.54 Å². The van der Waals surface area contributed by atoms with E-state index in [1.807, 2.05) is 31.3 Å². The lowest BCUT2D eigenvalue weighted by atomic mass is 10.0. The monoisotopic (exact) mass is 416 g/mol. The summed E-state index contributed by atoms with van der Waals surface area (Å²) in [5.74, 6) is -0.698. The van der Waals surface area contributed by atoms with E-state index in [-0.39, 0.29) is 17.4 Å². The van der Waals surface area contributed by atoms with E-state index in [4.69, 9.17) is 0 Å². The number of amides is 1. The van der Waals surface area contributed by atoms with E-state index in [1.165, 1.54) is 35.0 Å². The molecule has 3 heterocycles. The number of carbonyl (C=O) groups is 1. The normalized spacial score (nSPS) is 15.4. The van der Waals surface area contributed by atoms with Crippen LogP contribution in [0.4, 0.5) is 4.39 Å². The third-order valence-electron chi connectivity index (χ3n) is 5.02. The van der Waals surface area contributed by atoms with Crippen molar-refractivity contribution in [2.45, 2.75) is 13.3 Å². The van der Waals surface area contributed by atoms with Crippen LogP contribution < -0.4 is 10.9 Å². The SMILES string of the molecule is Cc1cc(C2=CCC(CNC(=O)c3ccn(-c4cccc(F)c4)c(=O)c3)C=N2)ccn1. The Balaban J connectivity index is 1.37. The molecule has 1 atom stereocenters. The van der Waals surface area contributed by atoms with E-state index in [1.54, 1.807) is 18.3 Å². The molecule has 0 spiro atoms. The molecular formula is C24H21FN4O2. The molecule has 1 unspecified atom stereocenters. The molecule has 0 saturated heterocycles. The fraction of sp³-hybridized carbons (Fsp3) is 0.167. The van der Waals surface area contributed by atoms with Crippen LogP contribution in [0.25, 0.3) is 11.4 Å². The maximum Gasteiger partial charge on any atom is 0.255 e. The van der Waals surface area contributed by atoms with Crippen LogP contribution in [-0.4, -0.2) is 28.2 Å². The Morgan fingerprint density at radius 2 is 2.10 bits per heavy atom. The molecule has 1 aromatic carbocycles. The second-order valence-corrected chi connectivity index (χ2v) is 7.36. The summed E-state index contributed by atoms with van der Waals surface area (Å²) in [4.78, 5) is 33.6. The molecule has 3 aromatic rings. The highest BCUT2D eigenvalue weighted by molar-refractivity contribution is 5.94. The first-order valence-corrected chi connectivity index (χ1v) is 9.94. The van der Waals surface area contributed by atoms with Gasteiger partial charge in [-0.1, -0.05) is 12.1 Å². The van der Waals surface area contributed by atoms with E-state index in [2.05, 4.69) is 15.3 Å². The Morgan fingerprint density at radius 1 is 1.23 bits per heavy atom. The smallest absolute Gasteiger partial charge is 0.255 e. The molecule has 0 radical (unpaired) electrons. The van der Waals surface area contributed by atoms with Crippen LogP contribution in [0.15, 0.2) is 76.8 Å². The first-order chi connectivity index (χ1) is 15.0. The van der Waals surface area contributed by atoms with Gasteiger partial charge in [-0.25, -0.2) is 4.39 Å². The number of halogens is 1. The highest BCUT2D eigenvalue weighted by atomic mass is 19.1. The summed E-state index contributed by atoms with van der Waals surface area (Å²) in [6, 6.07) is 12.4. The molecule has 0 fully saturated rings. The number of hydrogen-bond acceptors (Lipinski definition) is 4. The maximum atomic E-state index is 13.4. The number of benzene rings is 1. The lowest BCUT2D eigenvalue weighted by Gasteiger charge is -2.16. The minimum atomic E-state index is -0.434. The third-order valence-corrected chi connectivity index (χ3v) is 5.02. The summed E-state index contributed by atoms with van der Waals surface area (Å²) in [6.07, 6.45) is 7.87. The molecule has 1 amide bonds. The quantitative estimate of drug-likeness (QED) is 0.691. The highest BCUT2D eigenvalue weighted by Crippen LogP contribution is 2.22. The number of nitrogens with zero attached hydrogens (tertiary/aromatic N) is 3. The largest absolute Gasteiger partial charge is 0.351 e. The van der Waals surface area contributed by atoms with Crippen LogP contribution >= 0.6 is 0 Å². The van der Waals surface area contributed by atoms with Crippen molar-refractivity contribution < 1.29 is 9.18 Å². The highest BCUT2D eigenvalue weighted by Gasteiger charge is 2.14. The Kier molecular flexibility index (Phi) is 5.84. The molecule has 1 aliphatic rings. The van der Waals surface area contributed by atoms with E-state index in [0.717, 1.165) is 23.4 Å². The molecule has 1 N–H and O–H groups in total. The number of allylic oxidation sites excluding steroid dienone is 1. The number of aromatic nitrogens is 2. The molecule has 1 aliphatic heterocycles. The van der Waals surface area contributed by atoms with Gasteiger partial charge in [-0.15, -0.1) is 0 Å². The van der Waals surface area contributed by atoms with Gasteiger partial charge in [0.2, 0.25) is 0 Å². The standard InChI is InChI=1S/C24H21FN4O2/c1-16-11-18(7-9-26-16)22-6-5-17(14-27-22)15-28-24(31)19-8-10-29(23(30)12-19)21-4-2-3-20(25)13-21/h2-4,6-14,17H,5,15H2,1H3,(H,28,31). The average Bonchev–Trinajstić information content (AvgIpc) is 2.77. The molecule has 7 heteroatoms. The number of rotatable bonds is 5. The van der Waals surface area contributed by atoms with E-state index in [0.29, 0.717) is 12.2 Å². The topological polar surface area (TPSA) is 76.3 Å². The lowest BCUT2D eigenvalue weighted by Crippen LogP contribution is -2.31. The van der Waals surface area contributed by atoms with Crippen molar-refractivity contribution in [1.29, 1.82) is 0 Å². The van der Waals surface area contributed by atoms with E-state index in [9.17, 15) is 14.0 Å². The molecule has 6 nitrogen and oxygen atoms in total. The van der Waals surface area contributed by atoms with Gasteiger partial charge >= 0.3 is 0 Å². The van der Waals surface area contributed by atoms with Gasteiger partial charge in [-0.2, -0.15) is 0 Å². The van der Waals surface area contributed by atoms with Gasteiger partial charge in [0.25, 0.3) is 11.5 Å². The van der Waals surface area contributed by atoms with Gasteiger partial charge in [0, 0.05) is 54.0 Å². The predicted octanol–water partition coefficient (Wildman–Crippen LogP) is 3.54. The zero-order chi connectivity index (χ0) is 21.8. The third kappa shape index (κ3) is 4.83. The summed E-state index contributed by atoms with van der Waals surface area (Å²) in [5, 5.41) is 2.85. The van der Waals surface area contributed by atoms with Gasteiger partial charge in [0.05, 0.1) is 11.4 Å². The summed E-state index contributed by atoms with van der Waals surface area (Å²) >= 11 is 0. The first kappa shape index (κ1) is 20.4. The molecule has 31 heavy (non-hydrogen) atoms. The fourth-order valence-electron chi connectivity index (χ4n) is 3.38. The van der Waals surface area contributed by atoms with Gasteiger partial charge < -0.3 is 5.32 Å². The molecule has 0 saturated carbocycles. The number of nitrogens with one attached hydrogen (secondary N) is 1. The molecular weight excluding hydrogens is 395 g/mol. The van der Waals surface area contributed by atoms with Crippen LogP contribution in [0.3, 0.4) is 0 Å². The Labute approximate surface area is 178 Å². The van der Waals surface area contributed by atoms with Crippen molar-refractivity contribution in [3.05, 3.63) is 100.0 Å². The number of aliphatic imine (C=N–C) groups is 1. The Hall–Kier alpha value is -3.87. The van der Waals surface area contributed by atoms with Crippen LogP contribution in [-0.2, 0) is 0 Å². The molecule has 0 aliphatic carbocycles. The molecule has 156 valence electrons. The van der Waals surface area contributed by atoms with Gasteiger partial charge in [-0.3, -0.25) is 24.1 Å². The lowest BCUT2D eigenvalue weighted by molar-refractivity contribution is 0.0950. The zero-order valence-corrected chi connectivity index (χ0v) is 17.0. The minimum Gasteiger partial charge on any atom is -0.351 e. The van der Waals surface area contributed by atoms with Gasteiger partial charge in [-0.05, 0) is 49.7 Å². The van der Waals surface area contributed by atoms with Crippen molar-refractivity contribution in [2.24, 2.45) is 10.9 Å². The number of hydrogen-bond donors (Lipinski definition) is 1. The first-order valence-electron chi connectivity index (χ1n) is 9.94. The molecule has 2 aromatic heterocycles. The summed E-state index contributed by atoms with van der Waals surface area (Å²) < 4.78 is 14.7. The summed E-state index contributed by atoms with van der Waals surface area (Å²) in [7, 11) is 0. The Morgan fingerprint density at radius 3 is 2.81 bits per heavy atom. The molecule has 0 bridgehead atoms. The van der Waals surface area contributed by atoms with Crippen molar-refractivity contribution >= 4 is 17.8 Å². The van der Waals surface area contributed by atoms with Crippen LogP contribution in [0.1, 0.15) is 28.0 Å². The minimum absolute atomic E-state index is 0.0725. The number of carbonyl (C=O) groups excluding carboxylic acids is 1. The van der Waals surface area contributed by atoms with Crippen LogP contribution in [0.2, 0.25) is 0 Å². The van der Waals surface area contributed by atoms with Crippen molar-refractivity contribution in [3.63, 3.8) is 0 Å². The second kappa shape index (κ2) is 8.87. The predicted molar refractivity (Wildman–Crippen MR) is 118 cm³/mol. The Bertz CT molecular complexity index is 1250. The average molecular weight is 416 g/mol. The van der Waals surface area contributed by atoms with E-state index < -0.39 is 11.4 Å². The fourth-order valence-corrected chi connectivity index (χ4v) is 3.38. The maximum absolute atomic E-state index is 13.4. The van der Waals surface area contributed by atoms with Crippen LogP contribution in [0.5, 0.6) is 0 Å². The zero-order valence-electron chi connectivity index (χ0n) is 17.0.